The molecule has 0 saturated carbocycles. The van der Waals surface area contributed by atoms with Crippen molar-refractivity contribution in [2.24, 2.45) is 0 Å². The van der Waals surface area contributed by atoms with Crippen LogP contribution in [0.2, 0.25) is 5.02 Å². The molecule has 0 aliphatic heterocycles. The molecule has 0 aliphatic carbocycles. The molecule has 0 unspecified atom stereocenters. The van der Waals surface area contributed by atoms with Gasteiger partial charge in [0.05, 0.1) is 17.7 Å². The van der Waals surface area contributed by atoms with Gasteiger partial charge in [-0.3, -0.25) is 9.71 Å². The average molecular weight is 520 g/mol. The van der Waals surface area contributed by atoms with Crippen molar-refractivity contribution in [3.8, 4) is 28.1 Å². The Morgan fingerprint density at radius 1 is 0.944 bits per heavy atom. The molecule has 5 rings (SSSR count). The highest BCUT2D eigenvalue weighted by molar-refractivity contribution is 7.92. The normalized spacial score (nSPS) is 11.6. The first kappa shape index (κ1) is 23.8. The molecule has 7 nitrogen and oxygen atoms in total. The SMILES string of the molecule is COc1cc(-c2nccc3cc(S(=O)(=O)Nc4ccon4)ccc23)c(C)cc1-c1ccc(Cl)c(C)c1. The van der Waals surface area contributed by atoms with Crippen molar-refractivity contribution < 1.29 is 17.7 Å². The zero-order valence-electron chi connectivity index (χ0n) is 19.7. The van der Waals surface area contributed by atoms with Crippen molar-refractivity contribution in [1.82, 2.24) is 10.1 Å². The maximum atomic E-state index is 12.8. The third kappa shape index (κ3) is 4.41. The first-order valence-corrected chi connectivity index (χ1v) is 12.9. The third-order valence-corrected chi connectivity index (χ3v) is 7.77. The summed E-state index contributed by atoms with van der Waals surface area (Å²) in [7, 11) is -2.20. The Labute approximate surface area is 213 Å². The largest absolute Gasteiger partial charge is 0.496 e. The van der Waals surface area contributed by atoms with Crippen molar-refractivity contribution in [2.45, 2.75) is 18.7 Å². The van der Waals surface area contributed by atoms with Gasteiger partial charge in [-0.1, -0.05) is 28.9 Å². The molecule has 1 N–H and O–H groups in total. The second-order valence-electron chi connectivity index (χ2n) is 8.36. The number of anilines is 1. The lowest BCUT2D eigenvalue weighted by Crippen LogP contribution is -2.13. The average Bonchev–Trinajstić information content (AvgIpc) is 3.37. The van der Waals surface area contributed by atoms with E-state index in [0.29, 0.717) is 10.8 Å². The number of hydrogen-bond donors (Lipinski definition) is 1. The number of nitrogens with one attached hydrogen (secondary N) is 1. The van der Waals surface area contributed by atoms with Gasteiger partial charge in [0.15, 0.2) is 5.82 Å². The molecule has 0 saturated heterocycles. The quantitative estimate of drug-likeness (QED) is 0.270. The molecule has 0 radical (unpaired) electrons. The fraction of sp³-hybridized carbons (Fsp3) is 0.111. The molecule has 2 heterocycles. The van der Waals surface area contributed by atoms with E-state index in [1.807, 2.05) is 38.1 Å². The topological polar surface area (TPSA) is 94.3 Å². The first-order valence-electron chi connectivity index (χ1n) is 11.0. The van der Waals surface area contributed by atoms with E-state index in [2.05, 4.69) is 20.9 Å². The number of sulfonamides is 1. The van der Waals surface area contributed by atoms with Crippen LogP contribution >= 0.6 is 11.6 Å². The van der Waals surface area contributed by atoms with Crippen molar-refractivity contribution in [3.05, 3.63) is 89.3 Å². The van der Waals surface area contributed by atoms with Crippen LogP contribution in [0.4, 0.5) is 5.82 Å². The van der Waals surface area contributed by atoms with Gasteiger partial charge in [0.2, 0.25) is 0 Å². The lowest BCUT2D eigenvalue weighted by Gasteiger charge is -2.16. The van der Waals surface area contributed by atoms with Crippen LogP contribution in [0.3, 0.4) is 0 Å². The Balaban J connectivity index is 1.59. The van der Waals surface area contributed by atoms with Crippen LogP contribution in [0.1, 0.15) is 11.1 Å². The Morgan fingerprint density at radius 3 is 2.50 bits per heavy atom. The molecule has 0 spiro atoms. The summed E-state index contributed by atoms with van der Waals surface area (Å²) in [6.07, 6.45) is 2.97. The molecule has 2 aromatic heterocycles. The second kappa shape index (κ2) is 9.29. The lowest BCUT2D eigenvalue weighted by atomic mass is 9.94. The van der Waals surface area contributed by atoms with Crippen LogP contribution in [0.15, 0.2) is 82.5 Å². The van der Waals surface area contributed by atoms with E-state index < -0.39 is 10.0 Å². The molecule has 9 heteroatoms. The standard InChI is InChI=1S/C27H22ClN3O4S/c1-16-13-23(18-4-7-24(28)17(2)12-18)25(34-3)15-22(16)27-21-6-5-20(14-19(21)8-10-29-27)36(32,33)31-26-9-11-35-30-26/h4-15H,1-3H3,(H,30,31). The van der Waals surface area contributed by atoms with Crippen LogP contribution in [-0.2, 0) is 10.0 Å². The van der Waals surface area contributed by atoms with Gasteiger partial charge in [-0.15, -0.1) is 0 Å². The summed E-state index contributed by atoms with van der Waals surface area (Å²) in [6.45, 7) is 3.98. The van der Waals surface area contributed by atoms with Crippen molar-refractivity contribution in [1.29, 1.82) is 0 Å². The number of aryl methyl sites for hydroxylation is 2. The van der Waals surface area contributed by atoms with Gasteiger partial charge < -0.3 is 9.26 Å². The number of ether oxygens (including phenoxy) is 1. The van der Waals surface area contributed by atoms with Gasteiger partial charge in [0.25, 0.3) is 10.0 Å². The number of rotatable bonds is 6. The number of fused-ring (bicyclic) bond motifs is 1. The molecule has 0 amide bonds. The van der Waals surface area contributed by atoms with Crippen LogP contribution in [0, 0.1) is 13.8 Å². The molecular formula is C27H22ClN3O4S. The first-order chi connectivity index (χ1) is 17.3. The highest BCUT2D eigenvalue weighted by Gasteiger charge is 2.19. The van der Waals surface area contributed by atoms with Crippen LogP contribution < -0.4 is 9.46 Å². The lowest BCUT2D eigenvalue weighted by molar-refractivity contribution is 0.416. The van der Waals surface area contributed by atoms with E-state index in [9.17, 15) is 8.42 Å². The number of nitrogens with zero attached hydrogens (tertiary/aromatic N) is 2. The van der Waals surface area contributed by atoms with Gasteiger partial charge in [-0.2, -0.15) is 0 Å². The molecule has 0 fully saturated rings. The second-order valence-corrected chi connectivity index (χ2v) is 10.5. The molecule has 0 aliphatic rings. The van der Waals surface area contributed by atoms with Gasteiger partial charge in [0.1, 0.15) is 12.0 Å². The van der Waals surface area contributed by atoms with Gasteiger partial charge in [0, 0.05) is 33.8 Å². The molecule has 3 aromatic carbocycles. The summed E-state index contributed by atoms with van der Waals surface area (Å²) >= 11 is 6.22. The molecule has 0 atom stereocenters. The monoisotopic (exact) mass is 519 g/mol. The van der Waals surface area contributed by atoms with Gasteiger partial charge in [-0.05, 0) is 78.4 Å². The summed E-state index contributed by atoms with van der Waals surface area (Å²) in [5.74, 6) is 0.816. The highest BCUT2D eigenvalue weighted by Crippen LogP contribution is 2.39. The van der Waals surface area contributed by atoms with Crippen LogP contribution in [-0.4, -0.2) is 25.7 Å². The van der Waals surface area contributed by atoms with Crippen molar-refractivity contribution >= 4 is 38.2 Å². The van der Waals surface area contributed by atoms with E-state index in [0.717, 1.165) is 44.3 Å². The number of pyridine rings is 1. The Morgan fingerprint density at radius 2 is 1.78 bits per heavy atom. The minimum atomic E-state index is -3.84. The summed E-state index contributed by atoms with van der Waals surface area (Å²) < 4.78 is 38.5. The minimum Gasteiger partial charge on any atom is -0.496 e. The fourth-order valence-electron chi connectivity index (χ4n) is 4.15. The van der Waals surface area contributed by atoms with Gasteiger partial charge >= 0.3 is 0 Å². The summed E-state index contributed by atoms with van der Waals surface area (Å²) in [4.78, 5) is 4.74. The Hall–Kier alpha value is -3.88. The molecular weight excluding hydrogens is 498 g/mol. The van der Waals surface area contributed by atoms with Crippen LogP contribution in [0.5, 0.6) is 5.75 Å². The predicted octanol–water partition coefficient (Wildman–Crippen LogP) is 6.64. The van der Waals surface area contributed by atoms with E-state index in [1.165, 1.54) is 12.3 Å². The summed E-state index contributed by atoms with van der Waals surface area (Å²) in [5.41, 5.74) is 5.56. The number of halogens is 1. The Bertz CT molecular complexity index is 1700. The van der Waals surface area contributed by atoms with Crippen LogP contribution in [0.25, 0.3) is 33.2 Å². The van der Waals surface area contributed by atoms with Crippen molar-refractivity contribution in [2.75, 3.05) is 11.8 Å². The van der Waals surface area contributed by atoms with E-state index >= 15 is 0 Å². The summed E-state index contributed by atoms with van der Waals surface area (Å²) in [6, 6.07) is 18.1. The fourth-order valence-corrected chi connectivity index (χ4v) is 5.29. The Kier molecular flexibility index (Phi) is 6.15. The maximum Gasteiger partial charge on any atom is 0.263 e. The molecule has 182 valence electrons. The van der Waals surface area contributed by atoms with E-state index in [-0.39, 0.29) is 10.7 Å². The number of benzene rings is 3. The van der Waals surface area contributed by atoms with Crippen molar-refractivity contribution in [3.63, 3.8) is 0 Å². The number of aromatic nitrogens is 2. The zero-order valence-corrected chi connectivity index (χ0v) is 21.3. The van der Waals surface area contributed by atoms with Gasteiger partial charge in [-0.25, -0.2) is 8.42 Å². The molecule has 0 bridgehead atoms. The maximum absolute atomic E-state index is 12.8. The third-order valence-electron chi connectivity index (χ3n) is 5.99. The summed E-state index contributed by atoms with van der Waals surface area (Å²) in [5, 5.41) is 5.88. The van der Waals surface area contributed by atoms with E-state index in [1.54, 1.807) is 37.6 Å². The van der Waals surface area contributed by atoms with E-state index in [4.69, 9.17) is 20.9 Å². The minimum absolute atomic E-state index is 0.109. The number of hydrogen-bond acceptors (Lipinski definition) is 6. The molecule has 36 heavy (non-hydrogen) atoms. The highest BCUT2D eigenvalue weighted by atomic mass is 35.5. The zero-order chi connectivity index (χ0) is 25.4. The predicted molar refractivity (Wildman–Crippen MR) is 141 cm³/mol. The smallest absolute Gasteiger partial charge is 0.263 e. The molecule has 5 aromatic rings. The number of methoxy groups -OCH3 is 1.